The quantitative estimate of drug-likeness (QED) is 0.358. The van der Waals surface area contributed by atoms with Crippen LogP contribution in [0.3, 0.4) is 0 Å². The smallest absolute Gasteiger partial charge is 0.254 e. The third kappa shape index (κ3) is 4.95. The SMILES string of the molecule is CNCCN(C)C(=O)C1(O)CC[C@@]2(C)C(=CC[C@H]3[C@@H]4CC[C@H]([C@H](C)CCCC(C)C)[C@@]4(C)CC[C@@H]32)C1. The summed E-state index contributed by atoms with van der Waals surface area (Å²) in [6.07, 6.45) is 15.4. The van der Waals surface area contributed by atoms with Gasteiger partial charge >= 0.3 is 0 Å². The highest BCUT2D eigenvalue weighted by molar-refractivity contribution is 5.85. The molecule has 4 aliphatic rings. The van der Waals surface area contributed by atoms with Crippen LogP contribution in [0.25, 0.3) is 0 Å². The Hall–Kier alpha value is -0.870. The topological polar surface area (TPSA) is 52.6 Å². The average molecular weight is 501 g/mol. The fraction of sp³-hybridized carbons (Fsp3) is 0.906. The summed E-state index contributed by atoms with van der Waals surface area (Å²) in [4.78, 5) is 14.9. The molecule has 4 rings (SSSR count). The van der Waals surface area contributed by atoms with E-state index in [4.69, 9.17) is 0 Å². The van der Waals surface area contributed by atoms with Crippen molar-refractivity contribution in [3.8, 4) is 0 Å². The molecule has 0 radical (unpaired) electrons. The minimum Gasteiger partial charge on any atom is -0.380 e. The lowest BCUT2D eigenvalue weighted by Crippen LogP contribution is -2.56. The van der Waals surface area contributed by atoms with Gasteiger partial charge in [-0.1, -0.05) is 65.5 Å². The minimum atomic E-state index is -1.23. The molecule has 0 spiro atoms. The Balaban J connectivity index is 1.47. The molecule has 3 fully saturated rings. The molecular weight excluding hydrogens is 444 g/mol. The number of amides is 1. The first-order valence-electron chi connectivity index (χ1n) is 15.3. The van der Waals surface area contributed by atoms with E-state index in [-0.39, 0.29) is 11.3 Å². The van der Waals surface area contributed by atoms with Gasteiger partial charge in [0, 0.05) is 26.6 Å². The Bertz CT molecular complexity index is 823. The van der Waals surface area contributed by atoms with Crippen molar-refractivity contribution in [2.24, 2.45) is 46.3 Å². The number of hydrogen-bond donors (Lipinski definition) is 2. The number of rotatable bonds is 9. The molecule has 3 saturated carbocycles. The Morgan fingerprint density at radius 3 is 2.56 bits per heavy atom. The van der Waals surface area contributed by atoms with Crippen LogP contribution in [0.2, 0.25) is 0 Å². The van der Waals surface area contributed by atoms with Crippen LogP contribution in [0, 0.1) is 46.3 Å². The van der Waals surface area contributed by atoms with Gasteiger partial charge in [-0.25, -0.2) is 0 Å². The zero-order valence-electron chi connectivity index (χ0n) is 24.5. The summed E-state index contributed by atoms with van der Waals surface area (Å²) in [6, 6.07) is 0. The maximum atomic E-state index is 13.2. The summed E-state index contributed by atoms with van der Waals surface area (Å²) in [5.74, 6) is 4.80. The van der Waals surface area contributed by atoms with Crippen LogP contribution < -0.4 is 5.32 Å². The predicted octanol–water partition coefficient (Wildman–Crippen LogP) is 6.44. The van der Waals surface area contributed by atoms with Crippen LogP contribution in [0.5, 0.6) is 0 Å². The normalized spacial score (nSPS) is 40.8. The van der Waals surface area contributed by atoms with Gasteiger partial charge in [0.2, 0.25) is 0 Å². The van der Waals surface area contributed by atoms with Crippen molar-refractivity contribution < 1.29 is 9.90 Å². The molecule has 4 nitrogen and oxygen atoms in total. The zero-order chi connectivity index (χ0) is 26.3. The molecule has 36 heavy (non-hydrogen) atoms. The van der Waals surface area contributed by atoms with E-state index in [1.54, 1.807) is 4.90 Å². The zero-order valence-corrected chi connectivity index (χ0v) is 24.5. The van der Waals surface area contributed by atoms with Crippen molar-refractivity contribution in [2.45, 2.75) is 111 Å². The molecule has 0 aromatic rings. The average Bonchev–Trinajstić information content (AvgIpc) is 3.19. The fourth-order valence-electron chi connectivity index (χ4n) is 9.59. The van der Waals surface area contributed by atoms with Gasteiger partial charge in [-0.15, -0.1) is 0 Å². The number of nitrogens with one attached hydrogen (secondary N) is 1. The molecule has 0 heterocycles. The second kappa shape index (κ2) is 10.7. The summed E-state index contributed by atoms with van der Waals surface area (Å²) < 4.78 is 0. The Kier molecular flexibility index (Phi) is 8.38. The highest BCUT2D eigenvalue weighted by atomic mass is 16.3. The predicted molar refractivity (Wildman–Crippen MR) is 150 cm³/mol. The van der Waals surface area contributed by atoms with Gasteiger partial charge in [0.1, 0.15) is 5.60 Å². The first-order valence-corrected chi connectivity index (χ1v) is 15.3. The largest absolute Gasteiger partial charge is 0.380 e. The lowest BCUT2D eigenvalue weighted by molar-refractivity contribution is -0.155. The second-order valence-corrected chi connectivity index (χ2v) is 14.3. The van der Waals surface area contributed by atoms with E-state index < -0.39 is 5.60 Å². The van der Waals surface area contributed by atoms with Crippen molar-refractivity contribution in [3.63, 3.8) is 0 Å². The van der Waals surface area contributed by atoms with Crippen molar-refractivity contribution in [2.75, 3.05) is 27.2 Å². The third-order valence-electron chi connectivity index (χ3n) is 11.8. The van der Waals surface area contributed by atoms with E-state index in [1.165, 1.54) is 50.5 Å². The molecular formula is C32H56N2O2. The standard InChI is InChI=1S/C32H56N2O2/c1-22(2)9-8-10-23(3)26-13-14-27-25-12-11-24-21-32(36,29(35)34(7)20-19-33-6)18-17-30(24,4)28(25)15-16-31(26,27)5/h11,22-23,25-28,33,36H,8-10,12-21H2,1-7H3/t23-,25+,26-,27+,28+,30+,31-,32?/m1/s1. The van der Waals surface area contributed by atoms with Crippen LogP contribution in [0.1, 0.15) is 105 Å². The molecule has 4 aliphatic carbocycles. The molecule has 1 unspecified atom stereocenters. The summed E-state index contributed by atoms with van der Waals surface area (Å²) in [5.41, 5.74) is 0.810. The molecule has 0 aromatic heterocycles. The van der Waals surface area contributed by atoms with E-state index >= 15 is 0 Å². The van der Waals surface area contributed by atoms with Gasteiger partial charge < -0.3 is 15.3 Å². The molecule has 4 heteroatoms. The van der Waals surface area contributed by atoms with E-state index in [2.05, 4.69) is 46.0 Å². The Morgan fingerprint density at radius 2 is 1.86 bits per heavy atom. The van der Waals surface area contributed by atoms with Crippen LogP contribution in [-0.4, -0.2) is 48.7 Å². The molecule has 1 amide bonds. The summed E-state index contributed by atoms with van der Waals surface area (Å²) in [7, 11) is 3.73. The monoisotopic (exact) mass is 500 g/mol. The molecule has 2 N–H and O–H groups in total. The summed E-state index contributed by atoms with van der Waals surface area (Å²) in [6.45, 7) is 13.8. The van der Waals surface area contributed by atoms with Crippen LogP contribution in [0.15, 0.2) is 11.6 Å². The van der Waals surface area contributed by atoms with Crippen LogP contribution in [0.4, 0.5) is 0 Å². The minimum absolute atomic E-state index is 0.0934. The second-order valence-electron chi connectivity index (χ2n) is 14.3. The lowest BCUT2D eigenvalue weighted by Gasteiger charge is -2.59. The number of carbonyl (C=O) groups excluding carboxylic acids is 1. The van der Waals surface area contributed by atoms with Crippen molar-refractivity contribution in [3.05, 3.63) is 11.6 Å². The fourth-order valence-corrected chi connectivity index (χ4v) is 9.59. The highest BCUT2D eigenvalue weighted by Gasteiger charge is 2.60. The van der Waals surface area contributed by atoms with E-state index in [0.717, 1.165) is 49.0 Å². The first kappa shape index (κ1) is 28.1. The number of nitrogens with zero attached hydrogens (tertiary/aromatic N) is 1. The molecule has 0 saturated heterocycles. The van der Waals surface area contributed by atoms with Gasteiger partial charge in [0.15, 0.2) is 0 Å². The van der Waals surface area contributed by atoms with Gasteiger partial charge in [0.25, 0.3) is 5.91 Å². The van der Waals surface area contributed by atoms with Gasteiger partial charge in [-0.2, -0.15) is 0 Å². The van der Waals surface area contributed by atoms with Gasteiger partial charge in [-0.05, 0) is 98.3 Å². The summed E-state index contributed by atoms with van der Waals surface area (Å²) >= 11 is 0. The molecule has 206 valence electrons. The first-order chi connectivity index (χ1) is 17.0. The van der Waals surface area contributed by atoms with Crippen molar-refractivity contribution in [1.82, 2.24) is 10.2 Å². The van der Waals surface area contributed by atoms with Crippen LogP contribution >= 0.6 is 0 Å². The number of hydrogen-bond acceptors (Lipinski definition) is 3. The number of carbonyl (C=O) groups is 1. The maximum absolute atomic E-state index is 13.2. The molecule has 0 aliphatic heterocycles. The Labute approximate surface area is 222 Å². The van der Waals surface area contributed by atoms with Crippen molar-refractivity contribution >= 4 is 5.91 Å². The van der Waals surface area contributed by atoms with E-state index in [0.29, 0.717) is 30.7 Å². The summed E-state index contributed by atoms with van der Waals surface area (Å²) in [5, 5.41) is 14.6. The van der Waals surface area contributed by atoms with Gasteiger partial charge in [0.05, 0.1) is 0 Å². The number of allylic oxidation sites excluding steroid dienone is 1. The van der Waals surface area contributed by atoms with Gasteiger partial charge in [-0.3, -0.25) is 4.79 Å². The van der Waals surface area contributed by atoms with E-state index in [9.17, 15) is 9.90 Å². The molecule has 0 bridgehead atoms. The number of likely N-dealkylation sites (N-methyl/N-ethyl adjacent to an activating group) is 2. The maximum Gasteiger partial charge on any atom is 0.254 e. The molecule has 0 aromatic carbocycles. The third-order valence-corrected chi connectivity index (χ3v) is 11.8. The highest BCUT2D eigenvalue weighted by Crippen LogP contribution is 2.67. The van der Waals surface area contributed by atoms with Crippen molar-refractivity contribution in [1.29, 1.82) is 0 Å². The number of fused-ring (bicyclic) bond motifs is 5. The van der Waals surface area contributed by atoms with E-state index in [1.807, 2.05) is 14.1 Å². The Morgan fingerprint density at radius 1 is 1.11 bits per heavy atom. The lowest BCUT2D eigenvalue weighted by atomic mass is 9.46. The number of aliphatic hydroxyl groups is 1. The van der Waals surface area contributed by atoms with Crippen LogP contribution in [-0.2, 0) is 4.79 Å². The molecule has 8 atom stereocenters.